The van der Waals surface area contributed by atoms with Gasteiger partial charge in [0.1, 0.15) is 29.1 Å². The standard InChI is InChI=1S/C23H30N2O4/c1-16-6-7-21(28-16)14-24-10-4-5-18(12-24)23-15-25(17(2)26)13-19-11-20(27-3)8-9-22(19)29-23/h6-9,11,18,23H,4-5,10,12-15H2,1-3H3/t18-,23-/m0/s1. The van der Waals surface area contributed by atoms with Crippen LogP contribution in [-0.4, -0.2) is 48.6 Å². The number of fused-ring (bicyclic) bond motifs is 1. The molecule has 1 fully saturated rings. The molecule has 2 aliphatic rings. The molecule has 0 N–H and O–H groups in total. The van der Waals surface area contributed by atoms with Crippen LogP contribution in [0, 0.1) is 12.8 Å². The normalized spacial score (nSPS) is 22.5. The Hall–Kier alpha value is -2.47. The van der Waals surface area contributed by atoms with Gasteiger partial charge in [0, 0.05) is 31.5 Å². The van der Waals surface area contributed by atoms with E-state index in [0.717, 1.165) is 61.1 Å². The first-order valence-electron chi connectivity index (χ1n) is 10.4. The van der Waals surface area contributed by atoms with E-state index in [4.69, 9.17) is 13.9 Å². The maximum absolute atomic E-state index is 12.3. The molecule has 2 atom stereocenters. The molecular weight excluding hydrogens is 368 g/mol. The number of likely N-dealkylation sites (tertiary alicyclic amines) is 1. The second kappa shape index (κ2) is 8.49. The van der Waals surface area contributed by atoms with Crippen LogP contribution in [0.15, 0.2) is 34.7 Å². The molecule has 0 unspecified atom stereocenters. The highest BCUT2D eigenvalue weighted by atomic mass is 16.5. The van der Waals surface area contributed by atoms with E-state index in [9.17, 15) is 4.79 Å². The number of carbonyl (C=O) groups excluding carboxylic acids is 1. The van der Waals surface area contributed by atoms with Gasteiger partial charge < -0.3 is 18.8 Å². The van der Waals surface area contributed by atoms with Gasteiger partial charge in [-0.05, 0) is 56.6 Å². The third-order valence-corrected chi connectivity index (χ3v) is 6.00. The second-order valence-electron chi connectivity index (χ2n) is 8.18. The zero-order chi connectivity index (χ0) is 20.4. The van der Waals surface area contributed by atoms with E-state index in [1.54, 1.807) is 14.0 Å². The second-order valence-corrected chi connectivity index (χ2v) is 8.18. The average Bonchev–Trinajstić information content (AvgIpc) is 3.01. The average molecular weight is 399 g/mol. The van der Waals surface area contributed by atoms with Crippen molar-refractivity contribution in [1.82, 2.24) is 9.80 Å². The van der Waals surface area contributed by atoms with E-state index in [2.05, 4.69) is 11.0 Å². The number of ether oxygens (including phenoxy) is 2. The van der Waals surface area contributed by atoms with E-state index >= 15 is 0 Å². The van der Waals surface area contributed by atoms with E-state index in [1.165, 1.54) is 0 Å². The first-order chi connectivity index (χ1) is 14.0. The zero-order valence-electron chi connectivity index (χ0n) is 17.5. The van der Waals surface area contributed by atoms with Gasteiger partial charge >= 0.3 is 0 Å². The van der Waals surface area contributed by atoms with Crippen LogP contribution < -0.4 is 9.47 Å². The third-order valence-electron chi connectivity index (χ3n) is 6.00. The molecule has 6 heteroatoms. The lowest BCUT2D eigenvalue weighted by Gasteiger charge is -2.37. The Morgan fingerprint density at radius 1 is 1.24 bits per heavy atom. The van der Waals surface area contributed by atoms with Crippen molar-refractivity contribution in [2.45, 2.75) is 45.9 Å². The van der Waals surface area contributed by atoms with Crippen molar-refractivity contribution in [2.24, 2.45) is 5.92 Å². The first-order valence-corrected chi connectivity index (χ1v) is 10.4. The van der Waals surface area contributed by atoms with E-state index in [0.29, 0.717) is 19.0 Å². The first kappa shape index (κ1) is 19.8. The highest BCUT2D eigenvalue weighted by molar-refractivity contribution is 5.73. The van der Waals surface area contributed by atoms with Crippen LogP contribution in [0.25, 0.3) is 0 Å². The molecule has 0 saturated carbocycles. The minimum atomic E-state index is -0.0188. The number of methoxy groups -OCH3 is 1. The van der Waals surface area contributed by atoms with Crippen LogP contribution in [-0.2, 0) is 17.9 Å². The summed E-state index contributed by atoms with van der Waals surface area (Å²) in [6.07, 6.45) is 2.21. The van der Waals surface area contributed by atoms with E-state index in [-0.39, 0.29) is 12.0 Å². The molecule has 1 amide bonds. The Kier molecular flexibility index (Phi) is 5.81. The van der Waals surface area contributed by atoms with Gasteiger partial charge in [-0.3, -0.25) is 9.69 Å². The molecule has 6 nitrogen and oxygen atoms in total. The summed E-state index contributed by atoms with van der Waals surface area (Å²) in [5.41, 5.74) is 1.00. The van der Waals surface area contributed by atoms with Crippen molar-refractivity contribution in [2.75, 3.05) is 26.7 Å². The molecular formula is C23H30N2O4. The number of hydrogen-bond donors (Lipinski definition) is 0. The molecule has 2 aromatic rings. The fourth-order valence-electron chi connectivity index (χ4n) is 4.42. The predicted octanol–water partition coefficient (Wildman–Crippen LogP) is 3.62. The van der Waals surface area contributed by atoms with E-state index < -0.39 is 0 Å². The van der Waals surface area contributed by atoms with Gasteiger partial charge in [-0.15, -0.1) is 0 Å². The van der Waals surface area contributed by atoms with Gasteiger partial charge in [0.2, 0.25) is 5.91 Å². The van der Waals surface area contributed by atoms with Crippen LogP contribution in [0.4, 0.5) is 0 Å². The predicted molar refractivity (Wildman–Crippen MR) is 110 cm³/mol. The van der Waals surface area contributed by atoms with Crippen molar-refractivity contribution in [3.8, 4) is 11.5 Å². The number of amides is 1. The number of nitrogens with zero attached hydrogens (tertiary/aromatic N) is 2. The van der Waals surface area contributed by atoms with Crippen molar-refractivity contribution < 1.29 is 18.7 Å². The largest absolute Gasteiger partial charge is 0.497 e. The Balaban J connectivity index is 1.51. The molecule has 0 bridgehead atoms. The van der Waals surface area contributed by atoms with Gasteiger partial charge in [-0.2, -0.15) is 0 Å². The topological polar surface area (TPSA) is 55.2 Å². The molecule has 0 aliphatic carbocycles. The van der Waals surface area contributed by atoms with Crippen molar-refractivity contribution in [1.29, 1.82) is 0 Å². The van der Waals surface area contributed by atoms with Gasteiger partial charge in [0.25, 0.3) is 0 Å². The lowest BCUT2D eigenvalue weighted by atomic mass is 9.92. The number of aryl methyl sites for hydroxylation is 1. The van der Waals surface area contributed by atoms with Crippen LogP contribution in [0.5, 0.6) is 11.5 Å². The number of carbonyl (C=O) groups is 1. The fraction of sp³-hybridized carbons (Fsp3) is 0.522. The minimum Gasteiger partial charge on any atom is -0.497 e. The highest BCUT2D eigenvalue weighted by Gasteiger charge is 2.33. The summed E-state index contributed by atoms with van der Waals surface area (Å²) in [5.74, 6) is 4.05. The Labute approximate surface area is 172 Å². The molecule has 1 saturated heterocycles. The summed E-state index contributed by atoms with van der Waals surface area (Å²) in [4.78, 5) is 16.6. The number of benzene rings is 1. The Morgan fingerprint density at radius 3 is 2.83 bits per heavy atom. The Morgan fingerprint density at radius 2 is 2.10 bits per heavy atom. The maximum Gasteiger partial charge on any atom is 0.219 e. The highest BCUT2D eigenvalue weighted by Crippen LogP contribution is 2.33. The van der Waals surface area contributed by atoms with Crippen LogP contribution in [0.1, 0.15) is 36.8 Å². The lowest BCUT2D eigenvalue weighted by Crippen LogP contribution is -2.46. The molecule has 156 valence electrons. The molecule has 0 radical (unpaired) electrons. The molecule has 2 aliphatic heterocycles. The number of rotatable bonds is 4. The molecule has 1 aromatic carbocycles. The molecule has 4 rings (SSSR count). The zero-order valence-corrected chi connectivity index (χ0v) is 17.5. The number of hydrogen-bond acceptors (Lipinski definition) is 5. The van der Waals surface area contributed by atoms with Crippen LogP contribution in [0.3, 0.4) is 0 Å². The van der Waals surface area contributed by atoms with Gasteiger partial charge in [0.15, 0.2) is 0 Å². The van der Waals surface area contributed by atoms with Gasteiger partial charge in [0.05, 0.1) is 20.2 Å². The van der Waals surface area contributed by atoms with Gasteiger partial charge in [-0.25, -0.2) is 0 Å². The fourth-order valence-corrected chi connectivity index (χ4v) is 4.42. The SMILES string of the molecule is COc1ccc2c(c1)CN(C(C)=O)C[C@@H]([C@H]1CCCN(Cc3ccc(C)o3)C1)O2. The summed E-state index contributed by atoms with van der Waals surface area (Å²) < 4.78 is 17.6. The van der Waals surface area contributed by atoms with Crippen molar-refractivity contribution >= 4 is 5.91 Å². The lowest BCUT2D eigenvalue weighted by molar-refractivity contribution is -0.130. The van der Waals surface area contributed by atoms with Crippen molar-refractivity contribution in [3.05, 3.63) is 47.4 Å². The monoisotopic (exact) mass is 398 g/mol. The van der Waals surface area contributed by atoms with Crippen LogP contribution >= 0.6 is 0 Å². The molecule has 1 aromatic heterocycles. The molecule has 29 heavy (non-hydrogen) atoms. The number of piperidine rings is 1. The summed E-state index contributed by atoms with van der Waals surface area (Å²) in [5, 5.41) is 0. The van der Waals surface area contributed by atoms with Gasteiger partial charge in [-0.1, -0.05) is 0 Å². The number of furan rings is 1. The molecule has 0 spiro atoms. The summed E-state index contributed by atoms with van der Waals surface area (Å²) >= 11 is 0. The quantitative estimate of drug-likeness (QED) is 0.787. The Bertz CT molecular complexity index is 862. The summed E-state index contributed by atoms with van der Waals surface area (Å²) in [6.45, 7) is 7.61. The minimum absolute atomic E-state index is 0.0188. The third kappa shape index (κ3) is 4.58. The summed E-state index contributed by atoms with van der Waals surface area (Å²) in [7, 11) is 1.65. The van der Waals surface area contributed by atoms with Crippen molar-refractivity contribution in [3.63, 3.8) is 0 Å². The van der Waals surface area contributed by atoms with Crippen LogP contribution in [0.2, 0.25) is 0 Å². The smallest absolute Gasteiger partial charge is 0.219 e. The molecule has 3 heterocycles. The van der Waals surface area contributed by atoms with E-state index in [1.807, 2.05) is 36.1 Å². The summed E-state index contributed by atoms with van der Waals surface area (Å²) in [6, 6.07) is 9.94. The maximum atomic E-state index is 12.3.